The van der Waals surface area contributed by atoms with Gasteiger partial charge in [0.05, 0.1) is 33.5 Å². The molecule has 1 atom stereocenters. The van der Waals surface area contributed by atoms with Crippen molar-refractivity contribution in [3.63, 3.8) is 0 Å². The van der Waals surface area contributed by atoms with E-state index in [-0.39, 0.29) is 12.1 Å². The van der Waals surface area contributed by atoms with Crippen LogP contribution in [-0.4, -0.2) is 39.1 Å². The summed E-state index contributed by atoms with van der Waals surface area (Å²) in [5, 5.41) is 4.05. The predicted molar refractivity (Wildman–Crippen MR) is 81.4 cm³/mol. The predicted octanol–water partition coefficient (Wildman–Crippen LogP) is 2.34. The van der Waals surface area contributed by atoms with E-state index in [0.29, 0.717) is 24.3 Å². The van der Waals surface area contributed by atoms with Gasteiger partial charge < -0.3 is 19.0 Å². The van der Waals surface area contributed by atoms with Crippen molar-refractivity contribution in [2.75, 3.05) is 21.3 Å². The molecular formula is C16H21NO5. The van der Waals surface area contributed by atoms with Crippen LogP contribution in [-0.2, 0) is 20.8 Å². The van der Waals surface area contributed by atoms with Crippen molar-refractivity contribution in [2.45, 2.75) is 31.8 Å². The Bertz CT molecular complexity index is 555. The molecule has 1 aromatic rings. The number of carbonyl (C=O) groups excluding carboxylic acids is 1. The summed E-state index contributed by atoms with van der Waals surface area (Å²) in [4.78, 5) is 16.6. The fraction of sp³-hybridized carbons (Fsp3) is 0.500. The first-order valence-corrected chi connectivity index (χ1v) is 7.15. The number of oxime groups is 1. The van der Waals surface area contributed by atoms with Crippen molar-refractivity contribution < 1.29 is 23.8 Å². The molecule has 0 spiro atoms. The van der Waals surface area contributed by atoms with E-state index in [2.05, 4.69) is 9.89 Å². The standard InChI is InChI=1S/C16H21NO5/c1-19-14-6-4-11(9-15(14)20-2)8-13-10-12(17-22-13)5-7-16(18)21-3/h4,6,9,13H,5,7-8,10H2,1-3H3. The molecule has 0 fully saturated rings. The zero-order valence-corrected chi connectivity index (χ0v) is 13.1. The number of hydrogen-bond acceptors (Lipinski definition) is 6. The van der Waals surface area contributed by atoms with Crippen LogP contribution >= 0.6 is 0 Å². The highest BCUT2D eigenvalue weighted by Gasteiger charge is 2.22. The lowest BCUT2D eigenvalue weighted by Crippen LogP contribution is -2.12. The van der Waals surface area contributed by atoms with E-state index in [1.165, 1.54) is 7.11 Å². The molecule has 1 aromatic carbocycles. The molecule has 1 aliphatic heterocycles. The van der Waals surface area contributed by atoms with Gasteiger partial charge in [-0.25, -0.2) is 0 Å². The van der Waals surface area contributed by atoms with Crippen molar-refractivity contribution in [2.24, 2.45) is 5.16 Å². The zero-order valence-electron chi connectivity index (χ0n) is 13.1. The van der Waals surface area contributed by atoms with E-state index >= 15 is 0 Å². The third-order valence-corrected chi connectivity index (χ3v) is 3.55. The van der Waals surface area contributed by atoms with E-state index in [4.69, 9.17) is 14.3 Å². The molecule has 22 heavy (non-hydrogen) atoms. The Kier molecular flexibility index (Phi) is 5.63. The molecule has 1 unspecified atom stereocenters. The molecule has 0 aliphatic carbocycles. The third kappa shape index (κ3) is 4.13. The Morgan fingerprint density at radius 1 is 1.27 bits per heavy atom. The van der Waals surface area contributed by atoms with E-state index in [9.17, 15) is 4.79 Å². The van der Waals surface area contributed by atoms with Crippen LogP contribution < -0.4 is 9.47 Å². The van der Waals surface area contributed by atoms with Crippen molar-refractivity contribution in [3.8, 4) is 11.5 Å². The lowest BCUT2D eigenvalue weighted by Gasteiger charge is -2.12. The van der Waals surface area contributed by atoms with Gasteiger partial charge in [0.25, 0.3) is 0 Å². The molecule has 1 heterocycles. The van der Waals surface area contributed by atoms with E-state index in [0.717, 1.165) is 24.1 Å². The first-order chi connectivity index (χ1) is 10.7. The van der Waals surface area contributed by atoms with Gasteiger partial charge in [-0.3, -0.25) is 4.79 Å². The minimum atomic E-state index is -0.231. The number of rotatable bonds is 7. The number of nitrogens with zero attached hydrogens (tertiary/aromatic N) is 1. The lowest BCUT2D eigenvalue weighted by molar-refractivity contribution is -0.140. The largest absolute Gasteiger partial charge is 0.493 e. The normalized spacial score (nSPS) is 16.7. The second kappa shape index (κ2) is 7.68. The summed E-state index contributed by atoms with van der Waals surface area (Å²) in [6, 6.07) is 5.80. The summed E-state index contributed by atoms with van der Waals surface area (Å²) < 4.78 is 15.1. The zero-order chi connectivity index (χ0) is 15.9. The Morgan fingerprint density at radius 3 is 2.73 bits per heavy atom. The van der Waals surface area contributed by atoms with Gasteiger partial charge in [0.2, 0.25) is 0 Å². The molecule has 0 N–H and O–H groups in total. The summed E-state index contributed by atoms with van der Waals surface area (Å²) in [5.41, 5.74) is 1.99. The summed E-state index contributed by atoms with van der Waals surface area (Å²) in [5.74, 6) is 1.17. The highest BCUT2D eigenvalue weighted by atomic mass is 16.6. The Balaban J connectivity index is 1.87. The molecule has 0 amide bonds. The summed E-state index contributed by atoms with van der Waals surface area (Å²) in [7, 11) is 4.61. The van der Waals surface area contributed by atoms with Gasteiger partial charge in [0.1, 0.15) is 6.10 Å². The maximum Gasteiger partial charge on any atom is 0.305 e. The number of hydrogen-bond donors (Lipinski definition) is 0. The molecule has 6 heteroatoms. The smallest absolute Gasteiger partial charge is 0.305 e. The van der Waals surface area contributed by atoms with Crippen molar-refractivity contribution in [1.82, 2.24) is 0 Å². The maximum atomic E-state index is 11.1. The van der Waals surface area contributed by atoms with Gasteiger partial charge in [0, 0.05) is 12.8 Å². The van der Waals surface area contributed by atoms with Crippen LogP contribution in [0.1, 0.15) is 24.8 Å². The monoisotopic (exact) mass is 307 g/mol. The van der Waals surface area contributed by atoms with Gasteiger partial charge in [-0.05, 0) is 24.1 Å². The molecule has 6 nitrogen and oxygen atoms in total. The fourth-order valence-corrected chi connectivity index (χ4v) is 2.36. The van der Waals surface area contributed by atoms with Crippen LogP contribution in [0.5, 0.6) is 11.5 Å². The number of carbonyl (C=O) groups is 1. The first-order valence-electron chi connectivity index (χ1n) is 7.15. The molecule has 120 valence electrons. The SMILES string of the molecule is COC(=O)CCC1=NOC(Cc2ccc(OC)c(OC)c2)C1. The maximum absolute atomic E-state index is 11.1. The van der Waals surface area contributed by atoms with E-state index in [1.54, 1.807) is 14.2 Å². The number of esters is 1. The second-order valence-electron chi connectivity index (χ2n) is 5.06. The molecule has 0 aromatic heterocycles. The van der Waals surface area contributed by atoms with Crippen LogP contribution in [0.25, 0.3) is 0 Å². The van der Waals surface area contributed by atoms with Crippen LogP contribution in [0, 0.1) is 0 Å². The van der Waals surface area contributed by atoms with Crippen LogP contribution in [0.4, 0.5) is 0 Å². The Labute approximate surface area is 130 Å². The van der Waals surface area contributed by atoms with Crippen LogP contribution in [0.2, 0.25) is 0 Å². The highest BCUT2D eigenvalue weighted by molar-refractivity contribution is 5.88. The number of ether oxygens (including phenoxy) is 3. The van der Waals surface area contributed by atoms with Crippen molar-refractivity contribution in [1.29, 1.82) is 0 Å². The van der Waals surface area contributed by atoms with E-state index in [1.807, 2.05) is 18.2 Å². The molecule has 1 aliphatic rings. The van der Waals surface area contributed by atoms with Gasteiger partial charge in [-0.1, -0.05) is 11.2 Å². The van der Waals surface area contributed by atoms with Gasteiger partial charge >= 0.3 is 5.97 Å². The van der Waals surface area contributed by atoms with Crippen molar-refractivity contribution in [3.05, 3.63) is 23.8 Å². The molecular weight excluding hydrogens is 286 g/mol. The molecule has 2 rings (SSSR count). The van der Waals surface area contributed by atoms with Crippen molar-refractivity contribution >= 4 is 11.7 Å². The lowest BCUT2D eigenvalue weighted by atomic mass is 10.0. The van der Waals surface area contributed by atoms with Crippen LogP contribution in [0.3, 0.4) is 0 Å². The minimum Gasteiger partial charge on any atom is -0.493 e. The van der Waals surface area contributed by atoms with Gasteiger partial charge in [-0.15, -0.1) is 0 Å². The Morgan fingerprint density at radius 2 is 2.05 bits per heavy atom. The van der Waals surface area contributed by atoms with Crippen LogP contribution in [0.15, 0.2) is 23.4 Å². The quantitative estimate of drug-likeness (QED) is 0.723. The fourth-order valence-electron chi connectivity index (χ4n) is 2.36. The summed E-state index contributed by atoms with van der Waals surface area (Å²) in [6.07, 6.45) is 2.36. The van der Waals surface area contributed by atoms with E-state index < -0.39 is 0 Å². The molecule has 0 radical (unpaired) electrons. The number of benzene rings is 1. The topological polar surface area (TPSA) is 66.4 Å². The molecule has 0 saturated carbocycles. The highest BCUT2D eigenvalue weighted by Crippen LogP contribution is 2.29. The minimum absolute atomic E-state index is 0.00857. The van der Waals surface area contributed by atoms with Gasteiger partial charge in [-0.2, -0.15) is 0 Å². The summed E-state index contributed by atoms with van der Waals surface area (Å²) in [6.45, 7) is 0. The second-order valence-corrected chi connectivity index (χ2v) is 5.06. The Hall–Kier alpha value is -2.24. The summed E-state index contributed by atoms with van der Waals surface area (Å²) >= 11 is 0. The number of methoxy groups -OCH3 is 3. The van der Waals surface area contributed by atoms with Gasteiger partial charge in [0.15, 0.2) is 11.5 Å². The molecule has 0 bridgehead atoms. The third-order valence-electron chi connectivity index (χ3n) is 3.55. The average molecular weight is 307 g/mol. The molecule has 0 saturated heterocycles. The first kappa shape index (κ1) is 16.1. The average Bonchev–Trinajstić information content (AvgIpc) is 2.99.